The van der Waals surface area contributed by atoms with Gasteiger partial charge in [-0.15, -0.1) is 0 Å². The lowest BCUT2D eigenvalue weighted by molar-refractivity contribution is -0.115. The zero-order valence-corrected chi connectivity index (χ0v) is 12.9. The molecule has 1 N–H and O–H groups in total. The van der Waals surface area contributed by atoms with Crippen molar-refractivity contribution >= 4 is 22.6 Å². The number of aromatic nitrogens is 3. The van der Waals surface area contributed by atoms with Crippen LogP contribution in [0.2, 0.25) is 0 Å². The molecule has 1 amide bonds. The predicted octanol–water partition coefficient (Wildman–Crippen LogP) is 2.40. The van der Waals surface area contributed by atoms with Crippen LogP contribution in [0.3, 0.4) is 0 Å². The Bertz CT molecular complexity index is 942. The van der Waals surface area contributed by atoms with E-state index in [9.17, 15) is 4.79 Å². The number of nitrogens with one attached hydrogen (secondary N) is 1. The van der Waals surface area contributed by atoms with Crippen molar-refractivity contribution in [1.29, 1.82) is 0 Å². The number of anilines is 1. The molecule has 23 heavy (non-hydrogen) atoms. The molecule has 1 aliphatic rings. The van der Waals surface area contributed by atoms with Crippen LogP contribution < -0.4 is 10.1 Å². The standard InChI is InChI=1S/C16H14N4O3/c1-7-14(8(2)23-20-7)10-4-11-15(19-16(10)22-3)9-5-13(21)18-12(9)6-17-11/h4,6H,5H2,1-3H3,(H,18,21). The fourth-order valence-electron chi connectivity index (χ4n) is 2.99. The largest absolute Gasteiger partial charge is 0.481 e. The summed E-state index contributed by atoms with van der Waals surface area (Å²) in [5.41, 5.74) is 5.34. The number of amides is 1. The first-order valence-corrected chi connectivity index (χ1v) is 7.18. The minimum Gasteiger partial charge on any atom is -0.481 e. The highest BCUT2D eigenvalue weighted by Crippen LogP contribution is 2.37. The van der Waals surface area contributed by atoms with Gasteiger partial charge in [-0.05, 0) is 19.9 Å². The first-order valence-electron chi connectivity index (χ1n) is 7.18. The van der Waals surface area contributed by atoms with Gasteiger partial charge < -0.3 is 14.6 Å². The van der Waals surface area contributed by atoms with Crippen molar-refractivity contribution in [3.8, 4) is 17.0 Å². The smallest absolute Gasteiger partial charge is 0.229 e. The summed E-state index contributed by atoms with van der Waals surface area (Å²) in [5, 5.41) is 6.76. The van der Waals surface area contributed by atoms with Crippen molar-refractivity contribution in [2.24, 2.45) is 0 Å². The van der Waals surface area contributed by atoms with Crippen molar-refractivity contribution in [3.63, 3.8) is 0 Å². The van der Waals surface area contributed by atoms with Crippen molar-refractivity contribution in [3.05, 3.63) is 29.3 Å². The van der Waals surface area contributed by atoms with Gasteiger partial charge in [-0.3, -0.25) is 9.78 Å². The summed E-state index contributed by atoms with van der Waals surface area (Å²) in [6, 6.07) is 1.90. The highest BCUT2D eigenvalue weighted by Gasteiger charge is 2.24. The van der Waals surface area contributed by atoms with E-state index in [2.05, 4.69) is 20.4 Å². The van der Waals surface area contributed by atoms with Crippen molar-refractivity contribution < 1.29 is 14.1 Å². The fourth-order valence-corrected chi connectivity index (χ4v) is 2.99. The lowest BCUT2D eigenvalue weighted by atomic mass is 10.0. The zero-order valence-electron chi connectivity index (χ0n) is 12.9. The summed E-state index contributed by atoms with van der Waals surface area (Å²) in [6.45, 7) is 3.71. The highest BCUT2D eigenvalue weighted by molar-refractivity contribution is 6.04. The Morgan fingerprint density at radius 1 is 1.35 bits per heavy atom. The lowest BCUT2D eigenvalue weighted by Gasteiger charge is -2.10. The van der Waals surface area contributed by atoms with E-state index in [1.54, 1.807) is 13.3 Å². The van der Waals surface area contributed by atoms with Crippen LogP contribution in [0.4, 0.5) is 5.69 Å². The van der Waals surface area contributed by atoms with E-state index < -0.39 is 0 Å². The number of carbonyl (C=O) groups is 1. The number of rotatable bonds is 2. The summed E-state index contributed by atoms with van der Waals surface area (Å²) in [7, 11) is 1.57. The number of nitrogens with zero attached hydrogens (tertiary/aromatic N) is 3. The average Bonchev–Trinajstić information content (AvgIpc) is 3.07. The third-order valence-corrected chi connectivity index (χ3v) is 4.02. The second-order valence-electron chi connectivity index (χ2n) is 5.49. The van der Waals surface area contributed by atoms with Gasteiger partial charge in [0.15, 0.2) is 0 Å². The number of pyridine rings is 2. The molecule has 116 valence electrons. The van der Waals surface area contributed by atoms with E-state index in [1.165, 1.54) is 0 Å². The van der Waals surface area contributed by atoms with Gasteiger partial charge in [0.1, 0.15) is 5.76 Å². The number of hydrogen-bond acceptors (Lipinski definition) is 6. The van der Waals surface area contributed by atoms with Crippen LogP contribution in [0.1, 0.15) is 17.0 Å². The molecule has 7 nitrogen and oxygen atoms in total. The maximum absolute atomic E-state index is 11.6. The summed E-state index contributed by atoms with van der Waals surface area (Å²) < 4.78 is 10.7. The van der Waals surface area contributed by atoms with E-state index in [4.69, 9.17) is 9.26 Å². The molecular weight excluding hydrogens is 296 g/mol. The molecule has 0 fully saturated rings. The minimum absolute atomic E-state index is 0.0510. The van der Waals surface area contributed by atoms with E-state index in [0.717, 1.165) is 22.4 Å². The van der Waals surface area contributed by atoms with Gasteiger partial charge >= 0.3 is 0 Å². The summed E-state index contributed by atoms with van der Waals surface area (Å²) in [5.74, 6) is 1.10. The molecule has 0 spiro atoms. The van der Waals surface area contributed by atoms with Crippen molar-refractivity contribution in [2.75, 3.05) is 12.4 Å². The predicted molar refractivity (Wildman–Crippen MR) is 83.4 cm³/mol. The SMILES string of the molecule is COc1nc2c3c(cnc2cc1-c1c(C)noc1C)NC(=O)C3. The topological polar surface area (TPSA) is 90.1 Å². The Morgan fingerprint density at radius 2 is 2.17 bits per heavy atom. The maximum Gasteiger partial charge on any atom is 0.229 e. The van der Waals surface area contributed by atoms with Crippen molar-refractivity contribution in [1.82, 2.24) is 15.1 Å². The molecular formula is C16H14N4O3. The Hall–Kier alpha value is -2.96. The second kappa shape index (κ2) is 4.77. The van der Waals surface area contributed by atoms with Gasteiger partial charge in [-0.1, -0.05) is 5.16 Å². The Balaban J connectivity index is 2.01. The van der Waals surface area contributed by atoms with E-state index in [1.807, 2.05) is 19.9 Å². The molecule has 0 unspecified atom stereocenters. The lowest BCUT2D eigenvalue weighted by Crippen LogP contribution is -2.03. The van der Waals surface area contributed by atoms with Crippen LogP contribution in [-0.4, -0.2) is 28.1 Å². The normalized spacial score (nSPS) is 13.3. The molecule has 0 saturated heterocycles. The van der Waals surface area contributed by atoms with Gasteiger partial charge in [0.05, 0.1) is 53.3 Å². The van der Waals surface area contributed by atoms with Gasteiger partial charge in [-0.25, -0.2) is 4.98 Å². The third-order valence-electron chi connectivity index (χ3n) is 4.02. The first kappa shape index (κ1) is 13.7. The number of methoxy groups -OCH3 is 1. The Labute approximate surface area is 131 Å². The number of fused-ring (bicyclic) bond motifs is 3. The highest BCUT2D eigenvalue weighted by atomic mass is 16.5. The molecule has 0 bridgehead atoms. The molecule has 4 rings (SSSR count). The zero-order chi connectivity index (χ0) is 16.1. The van der Waals surface area contributed by atoms with Crippen molar-refractivity contribution in [2.45, 2.75) is 20.3 Å². The second-order valence-corrected chi connectivity index (χ2v) is 5.49. The van der Waals surface area contributed by atoms with Gasteiger partial charge in [-0.2, -0.15) is 0 Å². The number of aryl methyl sites for hydroxylation is 2. The number of carbonyl (C=O) groups excluding carboxylic acids is 1. The minimum atomic E-state index is -0.0510. The van der Waals surface area contributed by atoms with Crippen LogP contribution in [0.5, 0.6) is 5.88 Å². The van der Waals surface area contributed by atoms with Crippen LogP contribution >= 0.6 is 0 Å². The Kier molecular flexibility index (Phi) is 2.84. The quantitative estimate of drug-likeness (QED) is 0.781. The van der Waals surface area contributed by atoms with Crippen LogP contribution in [0, 0.1) is 13.8 Å². The summed E-state index contributed by atoms with van der Waals surface area (Å²) >= 11 is 0. The third kappa shape index (κ3) is 1.97. The number of ether oxygens (including phenoxy) is 1. The molecule has 3 aromatic heterocycles. The molecule has 0 radical (unpaired) electrons. The molecule has 4 heterocycles. The van der Waals surface area contributed by atoms with Crippen LogP contribution in [0.25, 0.3) is 22.2 Å². The van der Waals surface area contributed by atoms with Crippen LogP contribution in [-0.2, 0) is 11.2 Å². The maximum atomic E-state index is 11.6. The molecule has 7 heteroatoms. The molecule has 0 saturated carbocycles. The molecule has 0 aromatic carbocycles. The summed E-state index contributed by atoms with van der Waals surface area (Å²) in [6.07, 6.45) is 1.96. The molecule has 0 aliphatic carbocycles. The molecule has 0 atom stereocenters. The summed E-state index contributed by atoms with van der Waals surface area (Å²) in [4.78, 5) is 20.6. The molecule has 3 aromatic rings. The fraction of sp³-hybridized carbons (Fsp3) is 0.250. The first-order chi connectivity index (χ1) is 11.1. The van der Waals surface area contributed by atoms with E-state index >= 15 is 0 Å². The van der Waals surface area contributed by atoms with Gasteiger partial charge in [0, 0.05) is 5.56 Å². The number of hydrogen-bond donors (Lipinski definition) is 1. The average molecular weight is 310 g/mol. The monoisotopic (exact) mass is 310 g/mol. The Morgan fingerprint density at radius 3 is 2.87 bits per heavy atom. The van der Waals surface area contributed by atoms with E-state index in [-0.39, 0.29) is 5.91 Å². The molecule has 1 aliphatic heterocycles. The van der Waals surface area contributed by atoms with Gasteiger partial charge in [0.25, 0.3) is 0 Å². The van der Waals surface area contributed by atoms with Crippen LogP contribution in [0.15, 0.2) is 16.8 Å². The van der Waals surface area contributed by atoms with Gasteiger partial charge in [0.2, 0.25) is 11.8 Å². The van der Waals surface area contributed by atoms with E-state index in [0.29, 0.717) is 34.8 Å².